The molecule has 0 aromatic heterocycles. The predicted molar refractivity (Wildman–Crippen MR) is 55.9 cm³/mol. The molecule has 0 N–H and O–H groups in total. The van der Waals surface area contributed by atoms with Crippen LogP contribution in [0.2, 0.25) is 0 Å². The van der Waals surface area contributed by atoms with Gasteiger partial charge >= 0.3 is 0 Å². The van der Waals surface area contributed by atoms with Gasteiger partial charge in [-0.15, -0.1) is 0 Å². The molecule has 3 nitrogen and oxygen atoms in total. The third-order valence-corrected chi connectivity index (χ3v) is 2.89. The third-order valence-electron chi connectivity index (χ3n) is 2.89. The van der Waals surface area contributed by atoms with Gasteiger partial charge in [-0.25, -0.2) is 8.78 Å². The number of likely N-dealkylation sites (tertiary alicyclic amines) is 1. The fraction of sp³-hybridized carbons (Fsp3) is 0.333. The lowest BCUT2D eigenvalue weighted by molar-refractivity contribution is -0.140. The average Bonchev–Trinajstić information content (AvgIpc) is 2.58. The van der Waals surface area contributed by atoms with Crippen LogP contribution in [0, 0.1) is 11.6 Å². The zero-order chi connectivity index (χ0) is 12.6. The molecule has 1 aromatic rings. The molecule has 1 saturated heterocycles. The van der Waals surface area contributed by atoms with Crippen LogP contribution >= 0.6 is 0 Å². The second-order valence-corrected chi connectivity index (χ2v) is 4.00. The summed E-state index contributed by atoms with van der Waals surface area (Å²) in [6.07, 6.45) is 0.317. The molecule has 2 amide bonds. The molecule has 0 unspecified atom stereocenters. The van der Waals surface area contributed by atoms with Crippen molar-refractivity contribution < 1.29 is 18.4 Å². The maximum atomic E-state index is 13.5. The highest BCUT2D eigenvalue weighted by molar-refractivity contribution is 6.02. The number of imide groups is 1. The number of halogens is 2. The van der Waals surface area contributed by atoms with Crippen LogP contribution in [0.1, 0.15) is 31.4 Å². The highest BCUT2D eigenvalue weighted by Gasteiger charge is 2.34. The Morgan fingerprint density at radius 2 is 1.76 bits per heavy atom. The lowest BCUT2D eigenvalue weighted by atomic mass is 10.1. The zero-order valence-corrected chi connectivity index (χ0v) is 9.24. The van der Waals surface area contributed by atoms with Gasteiger partial charge in [0.1, 0.15) is 11.6 Å². The minimum Gasteiger partial charge on any atom is -0.275 e. The van der Waals surface area contributed by atoms with Gasteiger partial charge in [0.15, 0.2) is 0 Å². The minimum absolute atomic E-state index is 0.148. The number of carbonyl (C=O) groups excluding carboxylic acids is 2. The number of amides is 2. The zero-order valence-electron chi connectivity index (χ0n) is 9.24. The van der Waals surface area contributed by atoms with E-state index >= 15 is 0 Å². The van der Waals surface area contributed by atoms with Crippen molar-refractivity contribution >= 4 is 11.8 Å². The van der Waals surface area contributed by atoms with Crippen molar-refractivity contribution in [1.29, 1.82) is 0 Å². The minimum atomic E-state index is -0.745. The van der Waals surface area contributed by atoms with E-state index in [-0.39, 0.29) is 30.2 Å². The summed E-state index contributed by atoms with van der Waals surface area (Å²) in [4.78, 5) is 24.0. The first-order valence-corrected chi connectivity index (χ1v) is 5.30. The monoisotopic (exact) mass is 239 g/mol. The molecule has 5 heteroatoms. The fourth-order valence-corrected chi connectivity index (χ4v) is 2.01. The molecule has 1 aliphatic heterocycles. The molecular formula is C12H11F2NO2. The smallest absolute Gasteiger partial charge is 0.230 e. The topological polar surface area (TPSA) is 37.4 Å². The number of nitrogens with zero attached hydrogens (tertiary/aromatic N) is 1. The Morgan fingerprint density at radius 3 is 2.29 bits per heavy atom. The van der Waals surface area contributed by atoms with Gasteiger partial charge in [0.2, 0.25) is 11.8 Å². The van der Waals surface area contributed by atoms with Crippen molar-refractivity contribution in [1.82, 2.24) is 4.90 Å². The van der Waals surface area contributed by atoms with E-state index in [4.69, 9.17) is 0 Å². The summed E-state index contributed by atoms with van der Waals surface area (Å²) in [5.41, 5.74) is 0.148. The molecule has 1 fully saturated rings. The fourth-order valence-electron chi connectivity index (χ4n) is 2.01. The summed E-state index contributed by atoms with van der Waals surface area (Å²) in [6, 6.07) is 2.42. The predicted octanol–water partition coefficient (Wildman–Crippen LogP) is 2.17. The standard InChI is InChI=1S/C12H11F2NO2/c1-7(15-11(16)4-5-12(15)17)9-3-2-8(13)6-10(9)14/h2-3,6-7H,4-5H2,1H3/t7-/m0/s1. The van der Waals surface area contributed by atoms with Crippen molar-refractivity contribution in [2.75, 3.05) is 0 Å². The number of benzene rings is 1. The first-order chi connectivity index (χ1) is 8.00. The van der Waals surface area contributed by atoms with Gasteiger partial charge in [-0.3, -0.25) is 14.5 Å². The van der Waals surface area contributed by atoms with Crippen molar-refractivity contribution in [2.45, 2.75) is 25.8 Å². The Morgan fingerprint density at radius 1 is 1.18 bits per heavy atom. The molecule has 1 aromatic carbocycles. The van der Waals surface area contributed by atoms with Crippen LogP contribution in [0.4, 0.5) is 8.78 Å². The molecule has 90 valence electrons. The van der Waals surface area contributed by atoms with Gasteiger partial charge < -0.3 is 0 Å². The average molecular weight is 239 g/mol. The van der Waals surface area contributed by atoms with Gasteiger partial charge in [0.05, 0.1) is 6.04 Å². The van der Waals surface area contributed by atoms with E-state index < -0.39 is 17.7 Å². The summed E-state index contributed by atoms with van der Waals surface area (Å²) < 4.78 is 26.3. The van der Waals surface area contributed by atoms with Crippen LogP contribution in [-0.2, 0) is 9.59 Å². The van der Waals surface area contributed by atoms with Gasteiger partial charge in [0.25, 0.3) is 0 Å². The van der Waals surface area contributed by atoms with Crippen molar-refractivity contribution in [3.8, 4) is 0 Å². The van der Waals surface area contributed by atoms with E-state index in [9.17, 15) is 18.4 Å². The molecular weight excluding hydrogens is 228 g/mol. The molecule has 0 saturated carbocycles. The number of hydrogen-bond acceptors (Lipinski definition) is 2. The van der Waals surface area contributed by atoms with Crippen LogP contribution < -0.4 is 0 Å². The van der Waals surface area contributed by atoms with Gasteiger partial charge in [-0.05, 0) is 13.0 Å². The van der Waals surface area contributed by atoms with Crippen LogP contribution in [0.15, 0.2) is 18.2 Å². The summed E-state index contributed by atoms with van der Waals surface area (Å²) in [5, 5.41) is 0. The van der Waals surface area contributed by atoms with E-state index in [2.05, 4.69) is 0 Å². The summed E-state index contributed by atoms with van der Waals surface area (Å²) >= 11 is 0. The van der Waals surface area contributed by atoms with E-state index in [1.165, 1.54) is 6.07 Å². The van der Waals surface area contributed by atoms with E-state index in [0.29, 0.717) is 0 Å². The summed E-state index contributed by atoms with van der Waals surface area (Å²) in [7, 11) is 0. The first-order valence-electron chi connectivity index (χ1n) is 5.30. The number of rotatable bonds is 2. The van der Waals surface area contributed by atoms with Crippen molar-refractivity contribution in [3.05, 3.63) is 35.4 Å². The normalized spacial score (nSPS) is 17.7. The van der Waals surface area contributed by atoms with Gasteiger partial charge in [-0.2, -0.15) is 0 Å². The molecule has 0 radical (unpaired) electrons. The van der Waals surface area contributed by atoms with Crippen molar-refractivity contribution in [2.24, 2.45) is 0 Å². The second-order valence-electron chi connectivity index (χ2n) is 4.00. The SMILES string of the molecule is C[C@@H](c1ccc(F)cc1F)N1C(=O)CCC1=O. The second kappa shape index (κ2) is 4.24. The molecule has 2 rings (SSSR count). The Bertz CT molecular complexity index is 471. The first kappa shape index (κ1) is 11.7. The van der Waals surface area contributed by atoms with Crippen LogP contribution in [0.25, 0.3) is 0 Å². The quantitative estimate of drug-likeness (QED) is 0.742. The van der Waals surface area contributed by atoms with Crippen LogP contribution in [-0.4, -0.2) is 16.7 Å². The Labute approximate surface area is 97.0 Å². The largest absolute Gasteiger partial charge is 0.275 e. The van der Waals surface area contributed by atoms with Crippen LogP contribution in [0.3, 0.4) is 0 Å². The van der Waals surface area contributed by atoms with Gasteiger partial charge in [0, 0.05) is 24.5 Å². The lowest BCUT2D eigenvalue weighted by Gasteiger charge is -2.23. The molecule has 1 aliphatic rings. The molecule has 17 heavy (non-hydrogen) atoms. The highest BCUT2D eigenvalue weighted by Crippen LogP contribution is 2.28. The van der Waals surface area contributed by atoms with E-state index in [1.807, 2.05) is 0 Å². The summed E-state index contributed by atoms with van der Waals surface area (Å²) in [6.45, 7) is 1.55. The Kier molecular flexibility index (Phi) is 2.92. The Balaban J connectivity index is 2.33. The number of carbonyl (C=O) groups is 2. The van der Waals surface area contributed by atoms with Crippen molar-refractivity contribution in [3.63, 3.8) is 0 Å². The Hall–Kier alpha value is -1.78. The lowest BCUT2D eigenvalue weighted by Crippen LogP contribution is -2.32. The molecule has 1 heterocycles. The maximum absolute atomic E-state index is 13.5. The summed E-state index contributed by atoms with van der Waals surface area (Å²) in [5.74, 6) is -2.06. The molecule has 0 spiro atoms. The van der Waals surface area contributed by atoms with Gasteiger partial charge in [-0.1, -0.05) is 6.07 Å². The molecule has 0 bridgehead atoms. The molecule has 1 atom stereocenters. The third kappa shape index (κ3) is 2.05. The van der Waals surface area contributed by atoms with E-state index in [1.54, 1.807) is 6.92 Å². The van der Waals surface area contributed by atoms with E-state index in [0.717, 1.165) is 17.0 Å². The number of hydrogen-bond donors (Lipinski definition) is 0. The molecule has 0 aliphatic carbocycles. The maximum Gasteiger partial charge on any atom is 0.230 e. The highest BCUT2D eigenvalue weighted by atomic mass is 19.1. The van der Waals surface area contributed by atoms with Crippen LogP contribution in [0.5, 0.6) is 0 Å².